The molecule has 0 bridgehead atoms. The van der Waals surface area contributed by atoms with Gasteiger partial charge < -0.3 is 20.4 Å². The van der Waals surface area contributed by atoms with E-state index in [-0.39, 0.29) is 24.2 Å². The third kappa shape index (κ3) is 8.21. The van der Waals surface area contributed by atoms with E-state index >= 15 is 0 Å². The minimum Gasteiger partial charge on any atom is -0.451 e. The van der Waals surface area contributed by atoms with E-state index in [1.807, 2.05) is 26.8 Å². The molecule has 2 atom stereocenters. The fraction of sp³-hybridized carbons (Fsp3) is 0.464. The van der Waals surface area contributed by atoms with Gasteiger partial charge in [0.1, 0.15) is 5.76 Å². The number of aryl methyl sites for hydroxylation is 1. The standard InChI is InChI=1S/C28H40N4O5/c1-6-10-11-12-22(23(7-2)32(36)9-4)27(34)30-18-31-28(35)25-16-15-24(37-25)20-13-14-21(19(5)17-20)26(33)29-8-3/h9,13-17,22-23,36H,4,6-8,10-12,18H2,1-3,5H3,(H,29,33)(H,30,34)(H,31,35)/t22-,23-/m1/s1. The zero-order valence-electron chi connectivity index (χ0n) is 22.3. The maximum absolute atomic E-state index is 12.9. The highest BCUT2D eigenvalue weighted by Crippen LogP contribution is 2.25. The summed E-state index contributed by atoms with van der Waals surface area (Å²) >= 11 is 0. The maximum Gasteiger partial charge on any atom is 0.288 e. The summed E-state index contributed by atoms with van der Waals surface area (Å²) in [5.74, 6) is -0.694. The molecule has 0 radical (unpaired) electrons. The third-order valence-electron chi connectivity index (χ3n) is 6.30. The normalized spacial score (nSPS) is 12.4. The summed E-state index contributed by atoms with van der Waals surface area (Å²) in [5, 5.41) is 19.3. The minimum atomic E-state index is -0.466. The zero-order valence-corrected chi connectivity index (χ0v) is 22.3. The first kappa shape index (κ1) is 29.6. The van der Waals surface area contributed by atoms with Gasteiger partial charge in [-0.05, 0) is 56.5 Å². The summed E-state index contributed by atoms with van der Waals surface area (Å²) in [5.41, 5.74) is 2.13. The van der Waals surface area contributed by atoms with Gasteiger partial charge in [-0.2, -0.15) is 0 Å². The van der Waals surface area contributed by atoms with E-state index in [0.29, 0.717) is 30.7 Å². The van der Waals surface area contributed by atoms with E-state index in [9.17, 15) is 19.6 Å². The summed E-state index contributed by atoms with van der Waals surface area (Å²) in [4.78, 5) is 37.7. The number of amides is 3. The third-order valence-corrected chi connectivity index (χ3v) is 6.30. The Bertz CT molecular complexity index is 1060. The first-order valence-corrected chi connectivity index (χ1v) is 12.9. The van der Waals surface area contributed by atoms with Gasteiger partial charge in [0, 0.05) is 23.9 Å². The van der Waals surface area contributed by atoms with E-state index in [1.165, 1.54) is 6.20 Å². The Morgan fingerprint density at radius 3 is 2.43 bits per heavy atom. The fourth-order valence-electron chi connectivity index (χ4n) is 4.28. The molecule has 9 heteroatoms. The number of benzene rings is 1. The summed E-state index contributed by atoms with van der Waals surface area (Å²) in [6, 6.07) is 8.19. The monoisotopic (exact) mass is 512 g/mol. The molecule has 2 aromatic rings. The molecule has 0 saturated carbocycles. The van der Waals surface area contributed by atoms with Crippen molar-refractivity contribution in [3.63, 3.8) is 0 Å². The number of nitrogens with one attached hydrogen (secondary N) is 3. The Balaban J connectivity index is 2.00. The van der Waals surface area contributed by atoms with E-state index in [4.69, 9.17) is 4.42 Å². The molecular weight excluding hydrogens is 472 g/mol. The summed E-state index contributed by atoms with van der Waals surface area (Å²) in [6.45, 7) is 11.8. The molecule has 0 fully saturated rings. The molecular formula is C28H40N4O5. The van der Waals surface area contributed by atoms with Crippen LogP contribution in [0, 0.1) is 12.8 Å². The lowest BCUT2D eigenvalue weighted by Gasteiger charge is -2.30. The highest BCUT2D eigenvalue weighted by molar-refractivity contribution is 5.96. The van der Waals surface area contributed by atoms with Gasteiger partial charge in [-0.3, -0.25) is 24.7 Å². The Hall–Kier alpha value is -3.59. The number of carbonyl (C=O) groups excluding carboxylic acids is 3. The number of furan rings is 1. The largest absolute Gasteiger partial charge is 0.451 e. The van der Waals surface area contributed by atoms with Crippen LogP contribution in [-0.4, -0.2) is 47.2 Å². The molecule has 202 valence electrons. The quantitative estimate of drug-likeness (QED) is 0.157. The number of carbonyl (C=O) groups is 3. The SMILES string of the molecule is C=CN(O)[C@H](CC)[C@@H](CCCCC)C(=O)NCNC(=O)c1ccc(-c2ccc(C(=O)NCC)c(C)c2)o1. The van der Waals surface area contributed by atoms with Crippen molar-refractivity contribution in [2.75, 3.05) is 13.2 Å². The Morgan fingerprint density at radius 2 is 1.81 bits per heavy atom. The van der Waals surface area contributed by atoms with Gasteiger partial charge in [-0.25, -0.2) is 0 Å². The highest BCUT2D eigenvalue weighted by Gasteiger charge is 2.29. The molecule has 0 aliphatic heterocycles. The second-order valence-corrected chi connectivity index (χ2v) is 8.92. The van der Waals surface area contributed by atoms with Crippen LogP contribution in [-0.2, 0) is 4.79 Å². The van der Waals surface area contributed by atoms with Gasteiger partial charge in [-0.1, -0.05) is 45.8 Å². The van der Waals surface area contributed by atoms with E-state index < -0.39 is 17.9 Å². The highest BCUT2D eigenvalue weighted by atomic mass is 16.5. The van der Waals surface area contributed by atoms with Crippen LogP contribution in [0.5, 0.6) is 0 Å². The molecule has 9 nitrogen and oxygen atoms in total. The van der Waals surface area contributed by atoms with Gasteiger partial charge in [0.05, 0.1) is 18.6 Å². The Labute approximate surface area is 219 Å². The van der Waals surface area contributed by atoms with Crippen molar-refractivity contribution >= 4 is 17.7 Å². The fourth-order valence-corrected chi connectivity index (χ4v) is 4.28. The van der Waals surface area contributed by atoms with E-state index in [0.717, 1.165) is 35.5 Å². The van der Waals surface area contributed by atoms with Crippen LogP contribution in [0.1, 0.15) is 79.4 Å². The van der Waals surface area contributed by atoms with Crippen LogP contribution < -0.4 is 16.0 Å². The van der Waals surface area contributed by atoms with Gasteiger partial charge in [0.15, 0.2) is 5.76 Å². The number of nitrogens with zero attached hydrogens (tertiary/aromatic N) is 1. The molecule has 0 unspecified atom stereocenters. The average molecular weight is 513 g/mol. The lowest BCUT2D eigenvalue weighted by molar-refractivity contribution is -0.138. The van der Waals surface area contributed by atoms with Crippen LogP contribution in [0.2, 0.25) is 0 Å². The molecule has 0 saturated heterocycles. The number of rotatable bonds is 15. The van der Waals surface area contributed by atoms with Crippen molar-refractivity contribution in [2.24, 2.45) is 5.92 Å². The van der Waals surface area contributed by atoms with Crippen molar-refractivity contribution in [2.45, 2.75) is 65.8 Å². The molecule has 3 amide bonds. The van der Waals surface area contributed by atoms with Crippen molar-refractivity contribution in [1.29, 1.82) is 0 Å². The molecule has 0 aliphatic carbocycles. The summed E-state index contributed by atoms with van der Waals surface area (Å²) < 4.78 is 5.73. The number of hydrogen-bond donors (Lipinski definition) is 4. The van der Waals surface area contributed by atoms with Crippen LogP contribution in [0.3, 0.4) is 0 Å². The second-order valence-electron chi connectivity index (χ2n) is 8.92. The van der Waals surface area contributed by atoms with Gasteiger partial charge in [0.25, 0.3) is 11.8 Å². The summed E-state index contributed by atoms with van der Waals surface area (Å²) in [7, 11) is 0. The smallest absolute Gasteiger partial charge is 0.288 e. The molecule has 0 aliphatic rings. The Kier molecular flexibility index (Phi) is 11.9. The van der Waals surface area contributed by atoms with Crippen molar-refractivity contribution < 1.29 is 24.0 Å². The predicted octanol–water partition coefficient (Wildman–Crippen LogP) is 4.62. The van der Waals surface area contributed by atoms with Crippen LogP contribution in [0.15, 0.2) is 47.5 Å². The minimum absolute atomic E-state index is 0.0751. The number of unbranched alkanes of at least 4 members (excludes halogenated alkanes) is 2. The molecule has 4 N–H and O–H groups in total. The van der Waals surface area contributed by atoms with Crippen molar-refractivity contribution in [3.05, 3.63) is 60.0 Å². The Morgan fingerprint density at radius 1 is 1.05 bits per heavy atom. The first-order chi connectivity index (χ1) is 17.8. The lowest BCUT2D eigenvalue weighted by atomic mass is 9.90. The maximum atomic E-state index is 12.9. The van der Waals surface area contributed by atoms with Gasteiger partial charge in [-0.15, -0.1) is 0 Å². The number of hydrogen-bond acceptors (Lipinski definition) is 6. The average Bonchev–Trinajstić information content (AvgIpc) is 3.38. The lowest BCUT2D eigenvalue weighted by Crippen LogP contribution is -2.46. The molecule has 1 aromatic carbocycles. The number of hydroxylamine groups is 2. The molecule has 1 heterocycles. The topological polar surface area (TPSA) is 124 Å². The first-order valence-electron chi connectivity index (χ1n) is 12.9. The predicted molar refractivity (Wildman–Crippen MR) is 143 cm³/mol. The second kappa shape index (κ2) is 14.8. The van der Waals surface area contributed by atoms with Gasteiger partial charge >= 0.3 is 0 Å². The van der Waals surface area contributed by atoms with Crippen LogP contribution in [0.25, 0.3) is 11.3 Å². The van der Waals surface area contributed by atoms with Crippen molar-refractivity contribution in [1.82, 2.24) is 21.0 Å². The molecule has 1 aromatic heterocycles. The summed E-state index contributed by atoms with van der Waals surface area (Å²) in [6.07, 6.45) is 5.37. The molecule has 0 spiro atoms. The van der Waals surface area contributed by atoms with E-state index in [2.05, 4.69) is 29.5 Å². The van der Waals surface area contributed by atoms with Crippen molar-refractivity contribution in [3.8, 4) is 11.3 Å². The van der Waals surface area contributed by atoms with E-state index in [1.54, 1.807) is 24.3 Å². The van der Waals surface area contributed by atoms with Gasteiger partial charge in [0.2, 0.25) is 5.91 Å². The zero-order chi connectivity index (χ0) is 27.4. The molecule has 2 rings (SSSR count). The van der Waals surface area contributed by atoms with Crippen LogP contribution in [0.4, 0.5) is 0 Å². The molecule has 37 heavy (non-hydrogen) atoms. The van der Waals surface area contributed by atoms with Crippen LogP contribution >= 0.6 is 0 Å².